The first-order chi connectivity index (χ1) is 12.5. The summed E-state index contributed by atoms with van der Waals surface area (Å²) in [7, 11) is 0. The molecule has 2 N–H and O–H groups in total. The molecule has 0 saturated carbocycles. The summed E-state index contributed by atoms with van der Waals surface area (Å²) in [5.74, 6) is 1.31. The number of aromatic nitrogens is 3. The van der Waals surface area contributed by atoms with E-state index in [9.17, 15) is 13.2 Å². The Kier molecular flexibility index (Phi) is 3.86. The molecule has 0 aliphatic carbocycles. The first-order valence-corrected chi connectivity index (χ1v) is 8.08. The first-order valence-electron chi connectivity index (χ1n) is 8.08. The molecule has 0 atom stereocenters. The van der Waals surface area contributed by atoms with Crippen LogP contribution in [0.1, 0.15) is 18.2 Å². The van der Waals surface area contributed by atoms with E-state index in [1.165, 1.54) is 0 Å². The van der Waals surface area contributed by atoms with E-state index in [0.717, 1.165) is 6.20 Å². The largest absolute Gasteiger partial charge is 0.486 e. The zero-order valence-corrected chi connectivity index (χ0v) is 13.8. The van der Waals surface area contributed by atoms with Gasteiger partial charge in [0.15, 0.2) is 11.5 Å². The molecule has 3 heterocycles. The molecule has 0 bridgehead atoms. The molecule has 0 spiro atoms. The lowest BCUT2D eigenvalue weighted by molar-refractivity contribution is -0.136. The van der Waals surface area contributed by atoms with Crippen LogP contribution in [0.5, 0.6) is 11.5 Å². The first kappa shape index (κ1) is 16.5. The average Bonchev–Trinajstić information content (AvgIpc) is 3.06. The van der Waals surface area contributed by atoms with E-state index >= 15 is 0 Å². The van der Waals surface area contributed by atoms with Gasteiger partial charge in [-0.05, 0) is 18.6 Å². The van der Waals surface area contributed by atoms with Crippen LogP contribution in [-0.2, 0) is 12.6 Å². The van der Waals surface area contributed by atoms with E-state index in [1.54, 1.807) is 25.1 Å². The number of aryl methyl sites for hydroxylation is 1. The van der Waals surface area contributed by atoms with Gasteiger partial charge in [-0.2, -0.15) is 18.2 Å². The van der Waals surface area contributed by atoms with Crippen LogP contribution < -0.4 is 14.8 Å². The molecule has 1 aliphatic rings. The molecule has 2 aromatic heterocycles. The molecule has 6 nitrogen and oxygen atoms in total. The summed E-state index contributed by atoms with van der Waals surface area (Å²) < 4.78 is 50.7. The third-order valence-corrected chi connectivity index (χ3v) is 4.06. The highest BCUT2D eigenvalue weighted by Crippen LogP contribution is 2.39. The molecular formula is C17H15F3N4O2. The molecule has 1 aromatic carbocycles. The minimum absolute atomic E-state index is 0.000207. The number of anilines is 2. The maximum atomic E-state index is 13.2. The predicted octanol–water partition coefficient (Wildman–Crippen LogP) is 4.05. The van der Waals surface area contributed by atoms with Crippen LogP contribution in [0, 0.1) is 0 Å². The summed E-state index contributed by atoms with van der Waals surface area (Å²) in [6.07, 6.45) is -3.21. The van der Waals surface area contributed by atoms with Gasteiger partial charge in [-0.1, -0.05) is 13.0 Å². The van der Waals surface area contributed by atoms with Crippen LogP contribution in [0.25, 0.3) is 11.0 Å². The van der Waals surface area contributed by atoms with Gasteiger partial charge in [-0.15, -0.1) is 0 Å². The number of hydrogen-bond donors (Lipinski definition) is 2. The maximum absolute atomic E-state index is 13.2. The van der Waals surface area contributed by atoms with Crippen molar-refractivity contribution in [3.63, 3.8) is 0 Å². The normalized spacial score (nSPS) is 13.8. The second-order valence-electron chi connectivity index (χ2n) is 5.73. The minimum atomic E-state index is -4.47. The molecule has 0 radical (unpaired) electrons. The Hall–Kier alpha value is -2.97. The molecule has 0 amide bonds. The zero-order valence-electron chi connectivity index (χ0n) is 13.8. The van der Waals surface area contributed by atoms with E-state index in [2.05, 4.69) is 20.3 Å². The van der Waals surface area contributed by atoms with Crippen LogP contribution in [0.2, 0.25) is 0 Å². The van der Waals surface area contributed by atoms with Gasteiger partial charge < -0.3 is 19.8 Å². The summed E-state index contributed by atoms with van der Waals surface area (Å²) in [5.41, 5.74) is 0.276. The average molecular weight is 364 g/mol. The third kappa shape index (κ3) is 2.79. The Morgan fingerprint density at radius 2 is 2.00 bits per heavy atom. The number of nitrogens with zero attached hydrogens (tertiary/aromatic N) is 2. The Labute approximate surface area is 146 Å². The van der Waals surface area contributed by atoms with Crippen LogP contribution in [0.3, 0.4) is 0 Å². The predicted molar refractivity (Wildman–Crippen MR) is 89.0 cm³/mol. The van der Waals surface area contributed by atoms with Gasteiger partial charge in [0.1, 0.15) is 18.9 Å². The SMILES string of the molecule is CCc1nc(Nc2cccc3c2OCCO3)nc2[nH]cc(C(F)(F)F)c12. The summed E-state index contributed by atoms with van der Waals surface area (Å²) in [6, 6.07) is 5.33. The van der Waals surface area contributed by atoms with Gasteiger partial charge in [-0.25, -0.2) is 4.98 Å². The number of hydrogen-bond acceptors (Lipinski definition) is 5. The van der Waals surface area contributed by atoms with Gasteiger partial charge >= 0.3 is 6.18 Å². The Bertz CT molecular complexity index is 969. The van der Waals surface area contributed by atoms with Crippen molar-refractivity contribution in [2.75, 3.05) is 18.5 Å². The lowest BCUT2D eigenvalue weighted by atomic mass is 10.1. The summed E-state index contributed by atoms with van der Waals surface area (Å²) >= 11 is 0. The standard InChI is InChI=1S/C17H15F3N4O2/c1-2-10-13-9(17(18,19)20)8-21-15(13)24-16(22-10)23-11-4-3-5-12-14(11)26-7-6-25-12/h3-5,8H,2,6-7H2,1H3,(H2,21,22,23,24). The molecule has 0 fully saturated rings. The van der Waals surface area contributed by atoms with E-state index in [4.69, 9.17) is 9.47 Å². The van der Waals surface area contributed by atoms with Crippen molar-refractivity contribution in [2.45, 2.75) is 19.5 Å². The molecule has 1 aliphatic heterocycles. The molecule has 9 heteroatoms. The lowest BCUT2D eigenvalue weighted by Gasteiger charge is -2.21. The number of fused-ring (bicyclic) bond motifs is 2. The van der Waals surface area contributed by atoms with Crippen molar-refractivity contribution < 1.29 is 22.6 Å². The number of nitrogens with one attached hydrogen (secondary N) is 2. The number of H-pyrrole nitrogens is 1. The summed E-state index contributed by atoms with van der Waals surface area (Å²) in [4.78, 5) is 11.1. The molecular weight excluding hydrogens is 349 g/mol. The van der Waals surface area contributed by atoms with Crippen molar-refractivity contribution in [1.82, 2.24) is 15.0 Å². The van der Waals surface area contributed by atoms with Crippen LogP contribution in [0.4, 0.5) is 24.8 Å². The van der Waals surface area contributed by atoms with E-state index in [1.807, 2.05) is 0 Å². The second-order valence-corrected chi connectivity index (χ2v) is 5.73. The van der Waals surface area contributed by atoms with Gasteiger partial charge in [0.05, 0.1) is 22.3 Å². The summed E-state index contributed by atoms with van der Waals surface area (Å²) in [6.45, 7) is 2.62. The minimum Gasteiger partial charge on any atom is -0.486 e. The van der Waals surface area contributed by atoms with Crippen molar-refractivity contribution in [2.24, 2.45) is 0 Å². The molecule has 26 heavy (non-hydrogen) atoms. The molecule has 136 valence electrons. The quantitative estimate of drug-likeness (QED) is 0.734. The fourth-order valence-corrected chi connectivity index (χ4v) is 2.94. The topological polar surface area (TPSA) is 72.1 Å². The van der Waals surface area contributed by atoms with Crippen LogP contribution in [-0.4, -0.2) is 28.2 Å². The monoisotopic (exact) mass is 364 g/mol. The van der Waals surface area contributed by atoms with Crippen molar-refractivity contribution in [1.29, 1.82) is 0 Å². The summed E-state index contributed by atoms with van der Waals surface area (Å²) in [5, 5.41) is 3.02. The Balaban J connectivity index is 1.77. The molecule has 4 rings (SSSR count). The number of ether oxygens (including phenoxy) is 2. The highest BCUT2D eigenvalue weighted by molar-refractivity contribution is 5.84. The zero-order chi connectivity index (χ0) is 18.3. The third-order valence-electron chi connectivity index (χ3n) is 4.06. The van der Waals surface area contributed by atoms with Gasteiger partial charge in [0.2, 0.25) is 5.95 Å². The lowest BCUT2D eigenvalue weighted by Crippen LogP contribution is -2.16. The Morgan fingerprint density at radius 1 is 1.19 bits per heavy atom. The van der Waals surface area contributed by atoms with Crippen molar-refractivity contribution in [3.05, 3.63) is 35.7 Å². The van der Waals surface area contributed by atoms with Gasteiger partial charge in [0, 0.05) is 6.20 Å². The number of benzene rings is 1. The second kappa shape index (κ2) is 6.08. The van der Waals surface area contributed by atoms with E-state index in [-0.39, 0.29) is 17.0 Å². The molecule has 0 unspecified atom stereocenters. The van der Waals surface area contributed by atoms with Crippen molar-refractivity contribution in [3.8, 4) is 11.5 Å². The van der Waals surface area contributed by atoms with Crippen molar-refractivity contribution >= 4 is 22.7 Å². The Morgan fingerprint density at radius 3 is 2.77 bits per heavy atom. The molecule has 0 saturated heterocycles. The van der Waals surface area contributed by atoms with Crippen LogP contribution in [0.15, 0.2) is 24.4 Å². The fraction of sp³-hybridized carbons (Fsp3) is 0.294. The van der Waals surface area contributed by atoms with Gasteiger partial charge in [0.25, 0.3) is 0 Å². The van der Waals surface area contributed by atoms with E-state index < -0.39 is 11.7 Å². The van der Waals surface area contributed by atoms with Crippen LogP contribution >= 0.6 is 0 Å². The fourth-order valence-electron chi connectivity index (χ4n) is 2.94. The van der Waals surface area contributed by atoms with Gasteiger partial charge in [-0.3, -0.25) is 0 Å². The molecule has 3 aromatic rings. The smallest absolute Gasteiger partial charge is 0.418 e. The number of rotatable bonds is 3. The number of aromatic amines is 1. The number of halogens is 3. The number of para-hydroxylation sites is 1. The number of alkyl halides is 3. The highest BCUT2D eigenvalue weighted by Gasteiger charge is 2.35. The maximum Gasteiger partial charge on any atom is 0.418 e. The van der Waals surface area contributed by atoms with E-state index in [0.29, 0.717) is 42.5 Å². The highest BCUT2D eigenvalue weighted by atomic mass is 19.4.